The Labute approximate surface area is 233 Å². The number of amides is 1. The number of carboxylic acid groups (broad SMARTS) is 1. The van der Waals surface area contributed by atoms with Gasteiger partial charge in [0, 0.05) is 24.2 Å². The molecular weight excluding hydrogens is 510 g/mol. The third-order valence-corrected chi connectivity index (χ3v) is 7.41. The van der Waals surface area contributed by atoms with Crippen LogP contribution in [-0.4, -0.2) is 66.3 Å². The van der Waals surface area contributed by atoms with Crippen LogP contribution in [0.3, 0.4) is 0 Å². The number of rotatable bonds is 11. The highest BCUT2D eigenvalue weighted by Crippen LogP contribution is 2.32. The van der Waals surface area contributed by atoms with Crippen molar-refractivity contribution < 1.29 is 19.4 Å². The SMILES string of the molecule is COc1cccc(Cn2cc(C(Cc3cn(Cc4ccccc4OC)nn3)N(C(=O)O)C3CCCCC3)nn2)c1. The van der Waals surface area contributed by atoms with E-state index in [1.165, 1.54) is 0 Å². The van der Waals surface area contributed by atoms with Crippen LogP contribution in [-0.2, 0) is 19.5 Å². The standard InChI is InChI=1S/C29H35N7O4/c1-39-25-13-8-9-21(15-25)17-34-20-26(31-33-34)27(36(29(37)38)24-11-4-3-5-12-24)16-23-19-35(32-30-23)18-22-10-6-7-14-28(22)40-2/h6-10,13-15,19-20,24,27H,3-5,11-12,16-18H2,1-2H3,(H,37,38). The molecule has 1 atom stereocenters. The Bertz CT molecular complexity index is 1410. The molecule has 1 N–H and O–H groups in total. The zero-order chi connectivity index (χ0) is 27.9. The second kappa shape index (κ2) is 12.6. The van der Waals surface area contributed by atoms with Crippen LogP contribution in [0.15, 0.2) is 60.9 Å². The highest BCUT2D eigenvalue weighted by atomic mass is 16.5. The molecule has 0 radical (unpaired) electrons. The number of hydrogen-bond acceptors (Lipinski definition) is 7. The lowest BCUT2D eigenvalue weighted by Crippen LogP contribution is -2.44. The first kappa shape index (κ1) is 27.2. The van der Waals surface area contributed by atoms with E-state index in [0.717, 1.165) is 54.7 Å². The number of benzene rings is 2. The lowest BCUT2D eigenvalue weighted by atomic mass is 9.92. The van der Waals surface area contributed by atoms with Crippen LogP contribution in [0.2, 0.25) is 0 Å². The Kier molecular flexibility index (Phi) is 8.58. The first-order valence-electron chi connectivity index (χ1n) is 13.6. The number of carbonyl (C=O) groups is 1. The van der Waals surface area contributed by atoms with Crippen LogP contribution in [0.4, 0.5) is 4.79 Å². The Morgan fingerprint density at radius 1 is 0.975 bits per heavy atom. The van der Waals surface area contributed by atoms with Crippen molar-refractivity contribution in [3.8, 4) is 11.5 Å². The number of ether oxygens (including phenoxy) is 2. The monoisotopic (exact) mass is 545 g/mol. The molecule has 1 aliphatic rings. The first-order chi connectivity index (χ1) is 19.5. The summed E-state index contributed by atoms with van der Waals surface area (Å²) in [6.07, 6.45) is 7.90. The summed E-state index contributed by atoms with van der Waals surface area (Å²) in [5, 5.41) is 27.9. The van der Waals surface area contributed by atoms with Crippen LogP contribution < -0.4 is 9.47 Å². The van der Waals surface area contributed by atoms with E-state index in [2.05, 4.69) is 20.6 Å². The normalized spacial score (nSPS) is 14.6. The van der Waals surface area contributed by atoms with E-state index in [1.54, 1.807) is 28.5 Å². The van der Waals surface area contributed by atoms with E-state index >= 15 is 0 Å². The Balaban J connectivity index is 1.41. The molecule has 2 heterocycles. The average Bonchev–Trinajstić information content (AvgIpc) is 3.63. The van der Waals surface area contributed by atoms with Crippen LogP contribution in [0.5, 0.6) is 11.5 Å². The van der Waals surface area contributed by atoms with Crippen LogP contribution in [0.1, 0.15) is 60.7 Å². The molecule has 11 heteroatoms. The molecule has 5 rings (SSSR count). The molecule has 40 heavy (non-hydrogen) atoms. The van der Waals surface area contributed by atoms with Crippen LogP contribution >= 0.6 is 0 Å². The third-order valence-electron chi connectivity index (χ3n) is 7.41. The second-order valence-electron chi connectivity index (χ2n) is 10.1. The molecule has 1 aliphatic carbocycles. The van der Waals surface area contributed by atoms with Crippen molar-refractivity contribution in [1.82, 2.24) is 34.9 Å². The molecule has 0 saturated heterocycles. The maximum absolute atomic E-state index is 12.7. The fraction of sp³-hybridized carbons (Fsp3) is 0.414. The van der Waals surface area contributed by atoms with Crippen molar-refractivity contribution >= 4 is 6.09 Å². The third kappa shape index (κ3) is 6.41. The summed E-state index contributed by atoms with van der Waals surface area (Å²) in [7, 11) is 3.28. The topological polar surface area (TPSA) is 120 Å². The van der Waals surface area contributed by atoms with Crippen LogP contribution in [0, 0.1) is 0 Å². The second-order valence-corrected chi connectivity index (χ2v) is 10.1. The van der Waals surface area contributed by atoms with E-state index in [4.69, 9.17) is 9.47 Å². The van der Waals surface area contributed by atoms with Gasteiger partial charge in [-0.2, -0.15) is 0 Å². The van der Waals surface area contributed by atoms with E-state index in [9.17, 15) is 9.90 Å². The molecule has 0 spiro atoms. The van der Waals surface area contributed by atoms with Gasteiger partial charge in [0.15, 0.2) is 0 Å². The summed E-state index contributed by atoms with van der Waals surface area (Å²) in [5.41, 5.74) is 3.27. The van der Waals surface area contributed by atoms with Crippen molar-refractivity contribution in [3.63, 3.8) is 0 Å². The van der Waals surface area contributed by atoms with Gasteiger partial charge in [0.25, 0.3) is 0 Å². The van der Waals surface area contributed by atoms with Gasteiger partial charge in [0.1, 0.15) is 17.2 Å². The molecular formula is C29H35N7O4. The minimum atomic E-state index is -0.958. The summed E-state index contributed by atoms with van der Waals surface area (Å²) in [5.74, 6) is 1.54. The van der Waals surface area contributed by atoms with Crippen molar-refractivity contribution in [2.24, 2.45) is 0 Å². The predicted molar refractivity (Wildman–Crippen MR) is 147 cm³/mol. The molecule has 1 unspecified atom stereocenters. The molecule has 11 nitrogen and oxygen atoms in total. The summed E-state index contributed by atoms with van der Waals surface area (Å²) >= 11 is 0. The largest absolute Gasteiger partial charge is 0.497 e. The Hall–Kier alpha value is -4.41. The quantitative estimate of drug-likeness (QED) is 0.291. The smallest absolute Gasteiger partial charge is 0.408 e. The molecule has 0 bridgehead atoms. The highest BCUT2D eigenvalue weighted by molar-refractivity contribution is 5.66. The van der Waals surface area contributed by atoms with Gasteiger partial charge >= 0.3 is 6.09 Å². The highest BCUT2D eigenvalue weighted by Gasteiger charge is 2.35. The Morgan fingerprint density at radius 3 is 2.52 bits per heavy atom. The number of aromatic nitrogens is 6. The van der Waals surface area contributed by atoms with Crippen molar-refractivity contribution in [1.29, 1.82) is 0 Å². The fourth-order valence-electron chi connectivity index (χ4n) is 5.47. The molecule has 2 aromatic carbocycles. The molecule has 0 aliphatic heterocycles. The van der Waals surface area contributed by atoms with Gasteiger partial charge in [0.05, 0.1) is 45.2 Å². The summed E-state index contributed by atoms with van der Waals surface area (Å²) in [6, 6.07) is 14.9. The molecule has 2 aromatic heterocycles. The molecule has 1 saturated carbocycles. The minimum Gasteiger partial charge on any atom is -0.497 e. The van der Waals surface area contributed by atoms with Gasteiger partial charge in [-0.25, -0.2) is 14.2 Å². The predicted octanol–water partition coefficient (Wildman–Crippen LogP) is 4.58. The van der Waals surface area contributed by atoms with Gasteiger partial charge in [-0.15, -0.1) is 10.2 Å². The minimum absolute atomic E-state index is 0.0802. The zero-order valence-corrected chi connectivity index (χ0v) is 22.9. The molecule has 1 fully saturated rings. The number of nitrogens with zero attached hydrogens (tertiary/aromatic N) is 7. The van der Waals surface area contributed by atoms with E-state index in [1.807, 2.05) is 60.9 Å². The molecule has 1 amide bonds. The van der Waals surface area contributed by atoms with Crippen molar-refractivity contribution in [2.75, 3.05) is 14.2 Å². The molecule has 210 valence electrons. The summed E-state index contributed by atoms with van der Waals surface area (Å²) in [4.78, 5) is 14.3. The lowest BCUT2D eigenvalue weighted by molar-refractivity contribution is 0.0814. The van der Waals surface area contributed by atoms with Gasteiger partial charge in [-0.3, -0.25) is 4.90 Å². The Morgan fingerprint density at radius 2 is 1.75 bits per heavy atom. The van der Waals surface area contributed by atoms with E-state index in [0.29, 0.717) is 30.9 Å². The van der Waals surface area contributed by atoms with E-state index < -0.39 is 12.1 Å². The fourth-order valence-corrected chi connectivity index (χ4v) is 5.47. The number of methoxy groups -OCH3 is 2. The van der Waals surface area contributed by atoms with Gasteiger partial charge in [0.2, 0.25) is 0 Å². The number of para-hydroxylation sites is 1. The molecule has 4 aromatic rings. The summed E-state index contributed by atoms with van der Waals surface area (Å²) in [6.45, 7) is 0.978. The average molecular weight is 546 g/mol. The maximum atomic E-state index is 12.7. The van der Waals surface area contributed by atoms with Crippen molar-refractivity contribution in [2.45, 2.75) is 63.7 Å². The van der Waals surface area contributed by atoms with Crippen LogP contribution in [0.25, 0.3) is 0 Å². The lowest BCUT2D eigenvalue weighted by Gasteiger charge is -2.37. The maximum Gasteiger partial charge on any atom is 0.408 e. The van der Waals surface area contributed by atoms with Gasteiger partial charge in [-0.05, 0) is 36.6 Å². The number of hydrogen-bond donors (Lipinski definition) is 1. The first-order valence-corrected chi connectivity index (χ1v) is 13.6. The summed E-state index contributed by atoms with van der Waals surface area (Å²) < 4.78 is 14.3. The zero-order valence-electron chi connectivity index (χ0n) is 22.9. The van der Waals surface area contributed by atoms with Crippen molar-refractivity contribution in [3.05, 3.63) is 83.4 Å². The van der Waals surface area contributed by atoms with Gasteiger partial charge in [-0.1, -0.05) is 60.0 Å². The van der Waals surface area contributed by atoms with Gasteiger partial charge < -0.3 is 14.6 Å². The van der Waals surface area contributed by atoms with E-state index in [-0.39, 0.29) is 6.04 Å².